The molecule has 0 aliphatic carbocycles. The van der Waals surface area contributed by atoms with E-state index >= 15 is 0 Å². The molecule has 0 radical (unpaired) electrons. The topological polar surface area (TPSA) is 12.5 Å². The van der Waals surface area contributed by atoms with Gasteiger partial charge in [-0.3, -0.25) is 0 Å². The van der Waals surface area contributed by atoms with Crippen LogP contribution >= 0.6 is 0 Å². The maximum absolute atomic E-state index is 5.59. The van der Waals surface area contributed by atoms with Crippen LogP contribution in [0.25, 0.3) is 0 Å². The first-order valence-corrected chi connectivity index (χ1v) is 4.63. The maximum atomic E-state index is 5.59. The van der Waals surface area contributed by atoms with Gasteiger partial charge in [0.15, 0.2) is 0 Å². The van der Waals surface area contributed by atoms with Gasteiger partial charge in [0.25, 0.3) is 0 Å². The lowest BCUT2D eigenvalue weighted by atomic mass is 10.2. The van der Waals surface area contributed by atoms with Crippen LogP contribution in [0.3, 0.4) is 0 Å². The fraction of sp³-hybridized carbons (Fsp3) is 1.00. The zero-order valence-corrected chi connectivity index (χ0v) is 7.68. The van der Waals surface area contributed by atoms with E-state index < -0.39 is 0 Å². The lowest BCUT2D eigenvalue weighted by Crippen LogP contribution is -2.29. The highest BCUT2D eigenvalue weighted by Gasteiger charge is 2.14. The molecule has 1 aliphatic heterocycles. The molecule has 1 rings (SSSR count). The fourth-order valence-corrected chi connectivity index (χ4v) is 1.66. The van der Waals surface area contributed by atoms with Crippen LogP contribution in [-0.4, -0.2) is 37.7 Å². The van der Waals surface area contributed by atoms with E-state index in [4.69, 9.17) is 4.74 Å². The molecule has 0 aromatic rings. The van der Waals surface area contributed by atoms with Gasteiger partial charge < -0.3 is 9.64 Å². The van der Waals surface area contributed by atoms with Gasteiger partial charge in [0.05, 0.1) is 6.10 Å². The second-order valence-electron chi connectivity index (χ2n) is 3.34. The first-order valence-electron chi connectivity index (χ1n) is 4.63. The second kappa shape index (κ2) is 4.73. The molecular weight excluding hydrogens is 138 g/mol. The van der Waals surface area contributed by atoms with Crippen molar-refractivity contribution in [1.29, 1.82) is 0 Å². The molecule has 11 heavy (non-hydrogen) atoms. The van der Waals surface area contributed by atoms with Gasteiger partial charge in [0.1, 0.15) is 0 Å². The van der Waals surface area contributed by atoms with Gasteiger partial charge in [-0.05, 0) is 39.8 Å². The van der Waals surface area contributed by atoms with Crippen LogP contribution in [0.4, 0.5) is 0 Å². The van der Waals surface area contributed by atoms with E-state index in [0.29, 0.717) is 6.10 Å². The first-order chi connectivity index (χ1) is 5.33. The summed E-state index contributed by atoms with van der Waals surface area (Å²) in [6, 6.07) is 0. The van der Waals surface area contributed by atoms with E-state index in [1.54, 1.807) is 0 Å². The Morgan fingerprint density at radius 1 is 1.45 bits per heavy atom. The standard InChI is InChI=1S/C9H19NO/c1-3-11-9-6-4-5-7-10(2)8-9/h9H,3-8H2,1-2H3. The highest BCUT2D eigenvalue weighted by Crippen LogP contribution is 2.11. The van der Waals surface area contributed by atoms with Crippen molar-refractivity contribution in [2.24, 2.45) is 0 Å². The van der Waals surface area contributed by atoms with Crippen molar-refractivity contribution in [2.45, 2.75) is 32.3 Å². The van der Waals surface area contributed by atoms with Gasteiger partial charge in [-0.1, -0.05) is 0 Å². The SMILES string of the molecule is CCOC1CCCCN(C)C1. The van der Waals surface area contributed by atoms with Crippen molar-refractivity contribution in [3.8, 4) is 0 Å². The number of nitrogens with zero attached hydrogens (tertiary/aromatic N) is 1. The largest absolute Gasteiger partial charge is 0.377 e. The normalized spacial score (nSPS) is 28.4. The van der Waals surface area contributed by atoms with Crippen molar-refractivity contribution in [3.63, 3.8) is 0 Å². The van der Waals surface area contributed by atoms with Crippen LogP contribution in [0.1, 0.15) is 26.2 Å². The third-order valence-electron chi connectivity index (χ3n) is 2.23. The van der Waals surface area contributed by atoms with E-state index in [0.717, 1.165) is 13.2 Å². The smallest absolute Gasteiger partial charge is 0.0701 e. The van der Waals surface area contributed by atoms with Crippen LogP contribution in [0.5, 0.6) is 0 Å². The van der Waals surface area contributed by atoms with E-state index in [-0.39, 0.29) is 0 Å². The molecule has 1 fully saturated rings. The molecule has 0 aromatic carbocycles. The quantitative estimate of drug-likeness (QED) is 0.602. The van der Waals surface area contributed by atoms with Gasteiger partial charge >= 0.3 is 0 Å². The van der Waals surface area contributed by atoms with E-state index in [1.807, 2.05) is 0 Å². The number of hydrogen-bond donors (Lipinski definition) is 0. The second-order valence-corrected chi connectivity index (χ2v) is 3.34. The third kappa shape index (κ3) is 3.21. The van der Waals surface area contributed by atoms with E-state index in [1.165, 1.54) is 25.8 Å². The highest BCUT2D eigenvalue weighted by molar-refractivity contribution is 4.68. The minimum atomic E-state index is 0.493. The highest BCUT2D eigenvalue weighted by atomic mass is 16.5. The summed E-state index contributed by atoms with van der Waals surface area (Å²) in [5, 5.41) is 0. The number of likely N-dealkylation sites (tertiary alicyclic amines) is 1. The summed E-state index contributed by atoms with van der Waals surface area (Å²) in [5.74, 6) is 0. The molecule has 0 bridgehead atoms. The summed E-state index contributed by atoms with van der Waals surface area (Å²) in [6.07, 6.45) is 4.40. The van der Waals surface area contributed by atoms with E-state index in [2.05, 4.69) is 18.9 Å². The number of hydrogen-bond acceptors (Lipinski definition) is 2. The van der Waals surface area contributed by atoms with E-state index in [9.17, 15) is 0 Å². The van der Waals surface area contributed by atoms with Crippen molar-refractivity contribution in [3.05, 3.63) is 0 Å². The zero-order valence-electron chi connectivity index (χ0n) is 7.68. The Hall–Kier alpha value is -0.0800. The molecule has 1 atom stereocenters. The Morgan fingerprint density at radius 3 is 3.00 bits per heavy atom. The van der Waals surface area contributed by atoms with Gasteiger partial charge in [-0.25, -0.2) is 0 Å². The molecule has 0 spiro atoms. The Morgan fingerprint density at radius 2 is 2.27 bits per heavy atom. The molecular formula is C9H19NO. The van der Waals surface area contributed by atoms with Crippen LogP contribution in [-0.2, 0) is 4.74 Å². The molecule has 1 unspecified atom stereocenters. The minimum absolute atomic E-state index is 0.493. The van der Waals surface area contributed by atoms with Crippen molar-refractivity contribution in [1.82, 2.24) is 4.90 Å². The Labute approximate surface area is 69.5 Å². The van der Waals surface area contributed by atoms with Crippen LogP contribution in [0, 0.1) is 0 Å². The summed E-state index contributed by atoms with van der Waals surface area (Å²) < 4.78 is 5.59. The molecule has 66 valence electrons. The average Bonchev–Trinajstić information content (AvgIpc) is 2.15. The molecule has 0 aromatic heterocycles. The summed E-state index contributed by atoms with van der Waals surface area (Å²) >= 11 is 0. The molecule has 1 aliphatic rings. The molecule has 0 N–H and O–H groups in total. The summed E-state index contributed by atoms with van der Waals surface area (Å²) in [4.78, 5) is 2.37. The number of likely N-dealkylation sites (N-methyl/N-ethyl adjacent to an activating group) is 1. The van der Waals surface area contributed by atoms with Crippen LogP contribution in [0.15, 0.2) is 0 Å². The molecule has 2 heteroatoms. The summed E-state index contributed by atoms with van der Waals surface area (Å²) in [7, 11) is 2.18. The Bertz CT molecular complexity index is 106. The van der Waals surface area contributed by atoms with Crippen LogP contribution in [0.2, 0.25) is 0 Å². The summed E-state index contributed by atoms with van der Waals surface area (Å²) in [6.45, 7) is 5.29. The minimum Gasteiger partial charge on any atom is -0.377 e. The van der Waals surface area contributed by atoms with Gasteiger partial charge in [0, 0.05) is 13.2 Å². The average molecular weight is 157 g/mol. The number of rotatable bonds is 2. The Kier molecular flexibility index (Phi) is 3.87. The van der Waals surface area contributed by atoms with Gasteiger partial charge in [0.2, 0.25) is 0 Å². The van der Waals surface area contributed by atoms with Crippen molar-refractivity contribution < 1.29 is 4.74 Å². The predicted octanol–water partition coefficient (Wildman–Crippen LogP) is 1.51. The molecule has 0 amide bonds. The predicted molar refractivity (Wildman–Crippen MR) is 46.8 cm³/mol. The Balaban J connectivity index is 2.27. The van der Waals surface area contributed by atoms with Gasteiger partial charge in [-0.15, -0.1) is 0 Å². The van der Waals surface area contributed by atoms with Crippen molar-refractivity contribution in [2.75, 3.05) is 26.7 Å². The van der Waals surface area contributed by atoms with Crippen LogP contribution < -0.4 is 0 Å². The lowest BCUT2D eigenvalue weighted by molar-refractivity contribution is 0.0419. The molecule has 0 saturated carbocycles. The number of ether oxygens (including phenoxy) is 1. The van der Waals surface area contributed by atoms with Gasteiger partial charge in [-0.2, -0.15) is 0 Å². The molecule has 1 heterocycles. The third-order valence-corrected chi connectivity index (χ3v) is 2.23. The molecule has 2 nitrogen and oxygen atoms in total. The zero-order chi connectivity index (χ0) is 8.10. The first kappa shape index (κ1) is 9.01. The fourth-order valence-electron chi connectivity index (χ4n) is 1.66. The molecule has 1 saturated heterocycles. The summed E-state index contributed by atoms with van der Waals surface area (Å²) in [5.41, 5.74) is 0. The maximum Gasteiger partial charge on any atom is 0.0701 e. The van der Waals surface area contributed by atoms with Crippen molar-refractivity contribution >= 4 is 0 Å². The monoisotopic (exact) mass is 157 g/mol. The lowest BCUT2D eigenvalue weighted by Gasteiger charge is -2.19.